The number of benzene rings is 1. The minimum absolute atomic E-state index is 0.0846. The molecule has 0 amide bonds. The number of nitrogens with zero attached hydrogens (tertiary/aromatic N) is 2. The minimum Gasteiger partial charge on any atom is -0.497 e. The van der Waals surface area contributed by atoms with E-state index < -0.39 is 0 Å². The molecule has 1 aromatic rings. The molecule has 0 bridgehead atoms. The van der Waals surface area contributed by atoms with Crippen LogP contribution in [-0.4, -0.2) is 32.2 Å². The Balaban J connectivity index is 3.27. The van der Waals surface area contributed by atoms with Crippen molar-refractivity contribution < 1.29 is 9.94 Å². The van der Waals surface area contributed by atoms with Crippen molar-refractivity contribution in [3.8, 4) is 5.75 Å². The fourth-order valence-electron chi connectivity index (χ4n) is 1.28. The van der Waals surface area contributed by atoms with Crippen LogP contribution in [0.15, 0.2) is 23.4 Å². The third kappa shape index (κ3) is 2.31. The van der Waals surface area contributed by atoms with E-state index in [-0.39, 0.29) is 5.84 Å². The summed E-state index contributed by atoms with van der Waals surface area (Å²) in [4.78, 5) is 1.87. The largest absolute Gasteiger partial charge is 0.497 e. The zero-order chi connectivity index (χ0) is 11.4. The first kappa shape index (κ1) is 11.2. The molecular weight excluding hydrogens is 194 g/mol. The number of amidine groups is 1. The van der Waals surface area contributed by atoms with Crippen molar-refractivity contribution in [3.05, 3.63) is 23.8 Å². The van der Waals surface area contributed by atoms with Gasteiger partial charge < -0.3 is 20.6 Å². The molecule has 0 saturated carbocycles. The summed E-state index contributed by atoms with van der Waals surface area (Å²) < 4.78 is 5.10. The summed E-state index contributed by atoms with van der Waals surface area (Å²) in [5.74, 6) is 0.814. The highest BCUT2D eigenvalue weighted by Crippen LogP contribution is 2.24. The van der Waals surface area contributed by atoms with Gasteiger partial charge in [-0.1, -0.05) is 5.16 Å². The van der Waals surface area contributed by atoms with Crippen molar-refractivity contribution in [1.82, 2.24) is 0 Å². The smallest absolute Gasteiger partial charge is 0.172 e. The Bertz CT molecular complexity index is 375. The lowest BCUT2D eigenvalue weighted by atomic mass is 10.1. The monoisotopic (exact) mass is 209 g/mol. The number of hydrogen-bond acceptors (Lipinski definition) is 4. The molecule has 0 atom stereocenters. The van der Waals surface area contributed by atoms with Crippen LogP contribution < -0.4 is 15.4 Å². The van der Waals surface area contributed by atoms with Crippen LogP contribution >= 0.6 is 0 Å². The highest BCUT2D eigenvalue weighted by atomic mass is 16.5. The van der Waals surface area contributed by atoms with Gasteiger partial charge in [-0.2, -0.15) is 0 Å². The number of nitrogens with two attached hydrogens (primary N) is 1. The summed E-state index contributed by atoms with van der Waals surface area (Å²) in [5, 5.41) is 11.6. The molecular formula is C10H15N3O2. The van der Waals surface area contributed by atoms with Gasteiger partial charge in [0.2, 0.25) is 0 Å². The highest BCUT2D eigenvalue weighted by Gasteiger charge is 2.09. The highest BCUT2D eigenvalue weighted by molar-refractivity contribution is 6.02. The Kier molecular flexibility index (Phi) is 3.38. The Hall–Kier alpha value is -1.91. The molecule has 82 valence electrons. The molecule has 1 rings (SSSR count). The van der Waals surface area contributed by atoms with Gasteiger partial charge in [0.1, 0.15) is 5.75 Å². The number of rotatable bonds is 3. The van der Waals surface area contributed by atoms with E-state index in [9.17, 15) is 0 Å². The third-order valence-electron chi connectivity index (χ3n) is 2.07. The van der Waals surface area contributed by atoms with Crippen molar-refractivity contribution in [1.29, 1.82) is 0 Å². The zero-order valence-electron chi connectivity index (χ0n) is 9.06. The molecule has 3 N–H and O–H groups in total. The number of oxime groups is 1. The predicted molar refractivity (Wildman–Crippen MR) is 59.8 cm³/mol. The van der Waals surface area contributed by atoms with Crippen molar-refractivity contribution >= 4 is 11.5 Å². The number of anilines is 1. The maximum atomic E-state index is 8.63. The number of hydrogen-bond donors (Lipinski definition) is 2. The predicted octanol–water partition coefficient (Wildman–Crippen LogP) is 0.856. The molecule has 0 fully saturated rings. The fraction of sp³-hybridized carbons (Fsp3) is 0.300. The van der Waals surface area contributed by atoms with E-state index in [1.807, 2.05) is 25.1 Å². The van der Waals surface area contributed by atoms with Gasteiger partial charge in [-0.3, -0.25) is 0 Å². The summed E-state index contributed by atoms with van der Waals surface area (Å²) >= 11 is 0. The van der Waals surface area contributed by atoms with Crippen LogP contribution in [0.3, 0.4) is 0 Å². The number of methoxy groups -OCH3 is 1. The molecule has 5 nitrogen and oxygen atoms in total. The lowest BCUT2D eigenvalue weighted by Crippen LogP contribution is -2.19. The molecule has 5 heteroatoms. The van der Waals surface area contributed by atoms with Gasteiger partial charge in [-0.15, -0.1) is 0 Å². The standard InChI is InChI=1S/C10H15N3O2/c1-13(2)9-6-7(15-3)4-5-8(9)10(11)12-14/h4-6,14H,1-3H3,(H2,11,12). The first-order valence-electron chi connectivity index (χ1n) is 4.43. The summed E-state index contributed by atoms with van der Waals surface area (Å²) in [7, 11) is 5.35. The van der Waals surface area contributed by atoms with Crippen LogP contribution in [0.1, 0.15) is 5.56 Å². The van der Waals surface area contributed by atoms with Gasteiger partial charge in [0.15, 0.2) is 5.84 Å². The number of ether oxygens (including phenoxy) is 1. The lowest BCUT2D eigenvalue weighted by molar-refractivity contribution is 0.318. The first-order valence-corrected chi connectivity index (χ1v) is 4.43. The van der Waals surface area contributed by atoms with Gasteiger partial charge in [-0.25, -0.2) is 0 Å². The van der Waals surface area contributed by atoms with Crippen molar-refractivity contribution in [2.24, 2.45) is 10.9 Å². The lowest BCUT2D eigenvalue weighted by Gasteiger charge is -2.17. The van der Waals surface area contributed by atoms with Crippen molar-refractivity contribution in [2.45, 2.75) is 0 Å². The third-order valence-corrected chi connectivity index (χ3v) is 2.07. The van der Waals surface area contributed by atoms with Crippen molar-refractivity contribution in [3.63, 3.8) is 0 Å². The van der Waals surface area contributed by atoms with Gasteiger partial charge in [-0.05, 0) is 12.1 Å². The van der Waals surface area contributed by atoms with Gasteiger partial charge in [0.05, 0.1) is 12.8 Å². The average Bonchev–Trinajstić information content (AvgIpc) is 2.27. The fourth-order valence-corrected chi connectivity index (χ4v) is 1.28. The average molecular weight is 209 g/mol. The molecule has 1 aromatic carbocycles. The first-order chi connectivity index (χ1) is 7.10. The van der Waals surface area contributed by atoms with Crippen molar-refractivity contribution in [2.75, 3.05) is 26.1 Å². The topological polar surface area (TPSA) is 71.1 Å². The SMILES string of the molecule is COc1ccc(/C(N)=N/O)c(N(C)C)c1. The summed E-state index contributed by atoms with van der Waals surface area (Å²) in [6.45, 7) is 0. The van der Waals surface area contributed by atoms with Crippen LogP contribution in [0.5, 0.6) is 5.75 Å². The Labute approximate surface area is 88.7 Å². The summed E-state index contributed by atoms with van der Waals surface area (Å²) in [5.41, 5.74) is 7.06. The molecule has 0 saturated heterocycles. The van der Waals surface area contributed by atoms with E-state index in [1.54, 1.807) is 19.2 Å². The summed E-state index contributed by atoms with van der Waals surface area (Å²) in [6, 6.07) is 5.34. The molecule has 15 heavy (non-hydrogen) atoms. The second-order valence-electron chi connectivity index (χ2n) is 3.26. The maximum absolute atomic E-state index is 8.63. The molecule has 0 radical (unpaired) electrons. The van der Waals surface area contributed by atoms with E-state index in [0.29, 0.717) is 5.56 Å². The molecule has 0 aliphatic carbocycles. The molecule has 0 unspecified atom stereocenters. The van der Waals surface area contributed by atoms with E-state index >= 15 is 0 Å². The van der Waals surface area contributed by atoms with Gasteiger partial charge in [0.25, 0.3) is 0 Å². The van der Waals surface area contributed by atoms with E-state index in [1.165, 1.54) is 0 Å². The second-order valence-corrected chi connectivity index (χ2v) is 3.26. The Morgan fingerprint density at radius 2 is 2.13 bits per heavy atom. The second kappa shape index (κ2) is 4.54. The minimum atomic E-state index is 0.0846. The van der Waals surface area contributed by atoms with E-state index in [0.717, 1.165) is 11.4 Å². The van der Waals surface area contributed by atoms with Crippen LogP contribution in [0, 0.1) is 0 Å². The van der Waals surface area contributed by atoms with Crippen LogP contribution in [-0.2, 0) is 0 Å². The molecule has 0 aliphatic rings. The molecule has 0 spiro atoms. The Morgan fingerprint density at radius 3 is 2.60 bits per heavy atom. The summed E-state index contributed by atoms with van der Waals surface area (Å²) in [6.07, 6.45) is 0. The quantitative estimate of drug-likeness (QED) is 0.335. The van der Waals surface area contributed by atoms with Crippen LogP contribution in [0.25, 0.3) is 0 Å². The maximum Gasteiger partial charge on any atom is 0.172 e. The van der Waals surface area contributed by atoms with E-state index in [4.69, 9.17) is 15.7 Å². The zero-order valence-corrected chi connectivity index (χ0v) is 9.06. The molecule has 0 heterocycles. The van der Waals surface area contributed by atoms with Gasteiger partial charge >= 0.3 is 0 Å². The van der Waals surface area contributed by atoms with Crippen LogP contribution in [0.4, 0.5) is 5.69 Å². The van der Waals surface area contributed by atoms with Crippen LogP contribution in [0.2, 0.25) is 0 Å². The normalized spacial score (nSPS) is 11.3. The molecule has 0 aromatic heterocycles. The van der Waals surface area contributed by atoms with Gasteiger partial charge in [0, 0.05) is 25.7 Å². The Morgan fingerprint density at radius 1 is 1.47 bits per heavy atom. The van der Waals surface area contributed by atoms with E-state index in [2.05, 4.69) is 5.16 Å². The molecule has 0 aliphatic heterocycles.